The molecule has 2 aromatic rings. The summed E-state index contributed by atoms with van der Waals surface area (Å²) in [4.78, 5) is 2.48. The van der Waals surface area contributed by atoms with Gasteiger partial charge in [-0.05, 0) is 32.3 Å². The van der Waals surface area contributed by atoms with E-state index in [0.29, 0.717) is 6.04 Å². The molecule has 4 heteroatoms. The van der Waals surface area contributed by atoms with Gasteiger partial charge in [-0.3, -0.25) is 4.90 Å². The number of rotatable bonds is 5. The summed E-state index contributed by atoms with van der Waals surface area (Å²) >= 11 is 2.06. The second kappa shape index (κ2) is 6.20. The van der Waals surface area contributed by atoms with Crippen molar-refractivity contribution in [1.29, 1.82) is 0 Å². The van der Waals surface area contributed by atoms with Crippen LogP contribution in [0.25, 0.3) is 11.0 Å². The summed E-state index contributed by atoms with van der Waals surface area (Å²) in [7, 11) is 4.20. The van der Waals surface area contributed by atoms with E-state index in [1.165, 1.54) is 28.9 Å². The van der Waals surface area contributed by atoms with Gasteiger partial charge in [-0.2, -0.15) is 11.8 Å². The van der Waals surface area contributed by atoms with Crippen LogP contribution in [0.4, 0.5) is 0 Å². The normalized spacial score (nSPS) is 19.2. The van der Waals surface area contributed by atoms with Crippen LogP contribution in [0.2, 0.25) is 0 Å². The zero-order valence-electron chi connectivity index (χ0n) is 12.2. The van der Waals surface area contributed by atoms with Crippen LogP contribution in [0.15, 0.2) is 28.7 Å². The molecule has 108 valence electrons. The third-order valence-corrected chi connectivity index (χ3v) is 5.20. The first-order valence-corrected chi connectivity index (χ1v) is 8.37. The van der Waals surface area contributed by atoms with Gasteiger partial charge in [-0.1, -0.05) is 18.2 Å². The van der Waals surface area contributed by atoms with Crippen molar-refractivity contribution >= 4 is 22.7 Å². The van der Waals surface area contributed by atoms with E-state index in [1.807, 2.05) is 13.1 Å². The van der Waals surface area contributed by atoms with Gasteiger partial charge in [0.1, 0.15) is 11.3 Å². The lowest BCUT2D eigenvalue weighted by Crippen LogP contribution is -2.31. The maximum absolute atomic E-state index is 6.01. The average molecular weight is 290 g/mol. The number of hydrogen-bond acceptors (Lipinski definition) is 4. The molecule has 0 aliphatic carbocycles. The van der Waals surface area contributed by atoms with Crippen molar-refractivity contribution in [3.8, 4) is 0 Å². The molecule has 3 nitrogen and oxygen atoms in total. The molecule has 1 saturated heterocycles. The first-order chi connectivity index (χ1) is 9.79. The lowest BCUT2D eigenvalue weighted by atomic mass is 10.1. The van der Waals surface area contributed by atoms with E-state index in [1.54, 1.807) is 0 Å². The van der Waals surface area contributed by atoms with Gasteiger partial charge in [0.2, 0.25) is 0 Å². The number of furan rings is 1. The molecule has 2 heterocycles. The number of fused-ring (bicyclic) bond motifs is 1. The van der Waals surface area contributed by atoms with Crippen LogP contribution in [0.5, 0.6) is 0 Å². The van der Waals surface area contributed by atoms with Crippen molar-refractivity contribution in [1.82, 2.24) is 10.2 Å². The van der Waals surface area contributed by atoms with Crippen LogP contribution in [0.3, 0.4) is 0 Å². The highest BCUT2D eigenvalue weighted by Crippen LogP contribution is 2.29. The predicted molar refractivity (Wildman–Crippen MR) is 86.2 cm³/mol. The lowest BCUT2D eigenvalue weighted by molar-refractivity contribution is 0.253. The third-order valence-electron chi connectivity index (χ3n) is 4.06. The average Bonchev–Trinajstić information content (AvgIpc) is 3.08. The van der Waals surface area contributed by atoms with Crippen molar-refractivity contribution in [3.05, 3.63) is 35.6 Å². The molecule has 0 bridgehead atoms. The van der Waals surface area contributed by atoms with Crippen molar-refractivity contribution in [2.24, 2.45) is 0 Å². The summed E-state index contributed by atoms with van der Waals surface area (Å²) in [6.45, 7) is 1.76. The molecule has 0 radical (unpaired) electrons. The first kappa shape index (κ1) is 14.0. The van der Waals surface area contributed by atoms with Crippen molar-refractivity contribution < 1.29 is 4.42 Å². The summed E-state index contributed by atoms with van der Waals surface area (Å²) in [5.41, 5.74) is 2.34. The molecule has 0 spiro atoms. The van der Waals surface area contributed by atoms with Gasteiger partial charge in [-0.15, -0.1) is 0 Å². The van der Waals surface area contributed by atoms with Gasteiger partial charge in [0.15, 0.2) is 0 Å². The predicted octanol–water partition coefficient (Wildman–Crippen LogP) is 3.09. The second-order valence-electron chi connectivity index (χ2n) is 5.46. The summed E-state index contributed by atoms with van der Waals surface area (Å²) < 4.78 is 6.01. The van der Waals surface area contributed by atoms with E-state index in [0.717, 1.165) is 24.4 Å². The maximum Gasteiger partial charge on any atom is 0.134 e. The molecular formula is C16H22N2OS. The van der Waals surface area contributed by atoms with Crippen LogP contribution >= 0.6 is 11.8 Å². The van der Waals surface area contributed by atoms with Gasteiger partial charge in [0.05, 0.1) is 6.54 Å². The number of nitrogens with one attached hydrogen (secondary N) is 1. The molecular weight excluding hydrogens is 268 g/mol. The summed E-state index contributed by atoms with van der Waals surface area (Å²) in [6.07, 6.45) is 1.30. The maximum atomic E-state index is 6.01. The van der Waals surface area contributed by atoms with Crippen molar-refractivity contribution in [2.75, 3.05) is 25.6 Å². The number of nitrogens with zero attached hydrogens (tertiary/aromatic N) is 1. The minimum Gasteiger partial charge on any atom is -0.459 e. The molecule has 3 rings (SSSR count). The highest BCUT2D eigenvalue weighted by atomic mass is 32.2. The van der Waals surface area contributed by atoms with Gasteiger partial charge in [-0.25, -0.2) is 0 Å². The van der Waals surface area contributed by atoms with Gasteiger partial charge in [0, 0.05) is 29.3 Å². The van der Waals surface area contributed by atoms with Crippen LogP contribution < -0.4 is 5.32 Å². The number of benzene rings is 1. The van der Waals surface area contributed by atoms with Gasteiger partial charge < -0.3 is 9.73 Å². The topological polar surface area (TPSA) is 28.4 Å². The molecule has 1 fully saturated rings. The molecule has 1 unspecified atom stereocenters. The zero-order chi connectivity index (χ0) is 13.9. The second-order valence-corrected chi connectivity index (χ2v) is 6.61. The van der Waals surface area contributed by atoms with Gasteiger partial charge in [0.25, 0.3) is 0 Å². The molecule has 20 heavy (non-hydrogen) atoms. The summed E-state index contributed by atoms with van der Waals surface area (Å²) in [5.74, 6) is 3.63. The van der Waals surface area contributed by atoms with Crippen LogP contribution in [-0.2, 0) is 13.1 Å². The fourth-order valence-electron chi connectivity index (χ4n) is 2.87. The number of hydrogen-bond donors (Lipinski definition) is 1. The van der Waals surface area contributed by atoms with E-state index in [9.17, 15) is 0 Å². The fourth-order valence-corrected chi connectivity index (χ4v) is 4.17. The Morgan fingerprint density at radius 2 is 2.25 bits per heavy atom. The third kappa shape index (κ3) is 2.73. The molecule has 1 N–H and O–H groups in total. The Bertz CT molecular complexity index is 575. The lowest BCUT2D eigenvalue weighted by Gasteiger charge is -2.23. The highest BCUT2D eigenvalue weighted by molar-refractivity contribution is 7.99. The molecule has 1 aliphatic rings. The largest absolute Gasteiger partial charge is 0.459 e. The standard InChI is InChI=1S/C16H22N2OS/c1-17-9-16-14(10-18(2)12-7-8-20-11-12)13-5-3-4-6-15(13)19-16/h3-6,12,17H,7-11H2,1-2H3. The molecule has 1 aromatic heterocycles. The van der Waals surface area contributed by atoms with E-state index >= 15 is 0 Å². The Labute approximate surface area is 124 Å². The number of para-hydroxylation sites is 1. The monoisotopic (exact) mass is 290 g/mol. The summed E-state index contributed by atoms with van der Waals surface area (Å²) in [5, 5.41) is 4.47. The van der Waals surface area contributed by atoms with Crippen LogP contribution in [0, 0.1) is 0 Å². The highest BCUT2D eigenvalue weighted by Gasteiger charge is 2.22. The zero-order valence-corrected chi connectivity index (χ0v) is 13.0. The first-order valence-electron chi connectivity index (χ1n) is 7.21. The van der Waals surface area contributed by atoms with E-state index in [2.05, 4.69) is 47.2 Å². The molecule has 1 atom stereocenters. The minimum absolute atomic E-state index is 0.705. The van der Waals surface area contributed by atoms with Crippen molar-refractivity contribution in [2.45, 2.75) is 25.6 Å². The Hall–Kier alpha value is -0.970. The molecule has 0 amide bonds. The van der Waals surface area contributed by atoms with E-state index in [-0.39, 0.29) is 0 Å². The smallest absolute Gasteiger partial charge is 0.134 e. The quantitative estimate of drug-likeness (QED) is 0.916. The molecule has 0 saturated carbocycles. The van der Waals surface area contributed by atoms with Crippen LogP contribution in [0.1, 0.15) is 17.7 Å². The molecule has 1 aromatic carbocycles. The SMILES string of the molecule is CNCc1oc2ccccc2c1CN(C)C1CCSC1. The Balaban J connectivity index is 1.89. The Morgan fingerprint density at radius 1 is 1.40 bits per heavy atom. The van der Waals surface area contributed by atoms with Crippen molar-refractivity contribution in [3.63, 3.8) is 0 Å². The van der Waals surface area contributed by atoms with E-state index < -0.39 is 0 Å². The Morgan fingerprint density at radius 3 is 3.00 bits per heavy atom. The van der Waals surface area contributed by atoms with Crippen LogP contribution in [-0.4, -0.2) is 36.5 Å². The molecule has 1 aliphatic heterocycles. The fraction of sp³-hybridized carbons (Fsp3) is 0.500. The van der Waals surface area contributed by atoms with Gasteiger partial charge >= 0.3 is 0 Å². The Kier molecular flexibility index (Phi) is 4.34. The minimum atomic E-state index is 0.705. The number of thioether (sulfide) groups is 1. The summed E-state index contributed by atoms with van der Waals surface area (Å²) in [6, 6.07) is 9.07. The van der Waals surface area contributed by atoms with E-state index in [4.69, 9.17) is 4.42 Å².